The zero-order valence-corrected chi connectivity index (χ0v) is 18.1. The van der Waals surface area contributed by atoms with Gasteiger partial charge in [0.15, 0.2) is 5.96 Å². The molecule has 150 valence electrons. The van der Waals surface area contributed by atoms with Crippen molar-refractivity contribution >= 4 is 41.5 Å². The van der Waals surface area contributed by atoms with Crippen LogP contribution in [0, 0.1) is 10.1 Å². The summed E-state index contributed by atoms with van der Waals surface area (Å²) in [5, 5.41) is 19.8. The number of carbonyl (C=O) groups is 1. The van der Waals surface area contributed by atoms with Crippen molar-refractivity contribution < 1.29 is 9.72 Å². The second-order valence-electron chi connectivity index (χ2n) is 5.81. The molecule has 0 aromatic heterocycles. The minimum absolute atomic E-state index is 0. The van der Waals surface area contributed by atoms with Gasteiger partial charge in [0.25, 0.3) is 11.6 Å². The van der Waals surface area contributed by atoms with E-state index in [2.05, 4.69) is 20.9 Å². The van der Waals surface area contributed by atoms with Crippen LogP contribution in [-0.2, 0) is 13.0 Å². The number of hydrogen-bond acceptors (Lipinski definition) is 4. The quantitative estimate of drug-likeness (QED) is 0.179. The lowest BCUT2D eigenvalue weighted by Crippen LogP contribution is -2.37. The van der Waals surface area contributed by atoms with Crippen LogP contribution < -0.4 is 16.0 Å². The van der Waals surface area contributed by atoms with E-state index in [0.29, 0.717) is 24.6 Å². The van der Waals surface area contributed by atoms with Crippen LogP contribution >= 0.6 is 24.0 Å². The van der Waals surface area contributed by atoms with E-state index < -0.39 is 4.92 Å². The average Bonchev–Trinajstić information content (AvgIpc) is 2.70. The minimum Gasteiger partial charge on any atom is -0.356 e. The van der Waals surface area contributed by atoms with E-state index in [1.54, 1.807) is 26.2 Å². The summed E-state index contributed by atoms with van der Waals surface area (Å²) in [7, 11) is 3.27. The molecule has 0 radical (unpaired) electrons. The molecule has 0 saturated carbocycles. The van der Waals surface area contributed by atoms with Crippen molar-refractivity contribution in [1.29, 1.82) is 0 Å². The van der Waals surface area contributed by atoms with Crippen molar-refractivity contribution in [3.63, 3.8) is 0 Å². The van der Waals surface area contributed by atoms with Crippen LogP contribution in [0.2, 0.25) is 0 Å². The molecule has 0 spiro atoms. The summed E-state index contributed by atoms with van der Waals surface area (Å²) in [5.74, 6) is 0.489. The highest BCUT2D eigenvalue weighted by Crippen LogP contribution is 2.12. The van der Waals surface area contributed by atoms with Gasteiger partial charge in [-0.3, -0.25) is 19.9 Å². The van der Waals surface area contributed by atoms with E-state index in [4.69, 9.17) is 0 Å². The van der Waals surface area contributed by atoms with E-state index in [1.807, 2.05) is 24.3 Å². The summed E-state index contributed by atoms with van der Waals surface area (Å²) in [6.45, 7) is 1.05. The van der Waals surface area contributed by atoms with Gasteiger partial charge in [0.1, 0.15) is 0 Å². The predicted octanol–water partition coefficient (Wildman–Crippen LogP) is 2.48. The maximum absolute atomic E-state index is 11.7. The molecule has 0 atom stereocenters. The fourth-order valence-electron chi connectivity index (χ4n) is 2.52. The summed E-state index contributed by atoms with van der Waals surface area (Å²) in [5.41, 5.74) is 2.53. The van der Waals surface area contributed by atoms with Gasteiger partial charge >= 0.3 is 0 Å². The van der Waals surface area contributed by atoms with Crippen molar-refractivity contribution in [2.45, 2.75) is 13.0 Å². The van der Waals surface area contributed by atoms with Gasteiger partial charge in [-0.2, -0.15) is 0 Å². The van der Waals surface area contributed by atoms with Crippen molar-refractivity contribution in [3.8, 4) is 0 Å². The second kappa shape index (κ2) is 11.9. The van der Waals surface area contributed by atoms with Gasteiger partial charge in [-0.15, -0.1) is 24.0 Å². The van der Waals surface area contributed by atoms with Crippen LogP contribution in [0.25, 0.3) is 0 Å². The number of nitro benzene ring substituents is 1. The number of nitrogens with zero attached hydrogens (tertiary/aromatic N) is 2. The third kappa shape index (κ3) is 7.14. The Bertz CT molecular complexity index is 842. The maximum atomic E-state index is 11.7. The number of aliphatic imine (C=N–C) groups is 1. The first kappa shape index (κ1) is 23.3. The van der Waals surface area contributed by atoms with E-state index >= 15 is 0 Å². The molecule has 0 bridgehead atoms. The Morgan fingerprint density at radius 3 is 2.50 bits per heavy atom. The monoisotopic (exact) mass is 497 g/mol. The number of halogens is 1. The summed E-state index contributed by atoms with van der Waals surface area (Å²) in [6.07, 6.45) is 0.725. The molecule has 9 heteroatoms. The summed E-state index contributed by atoms with van der Waals surface area (Å²) in [4.78, 5) is 26.2. The molecule has 0 heterocycles. The van der Waals surface area contributed by atoms with Gasteiger partial charge in [-0.25, -0.2) is 0 Å². The van der Waals surface area contributed by atoms with Crippen LogP contribution in [0.3, 0.4) is 0 Å². The van der Waals surface area contributed by atoms with E-state index in [-0.39, 0.29) is 35.6 Å². The first-order valence-electron chi connectivity index (χ1n) is 8.52. The number of guanidine groups is 1. The standard InChI is InChI=1S/C19H23N5O3.HI/c1-20-18(25)16-7-3-5-14(11-16)9-10-22-19(21-2)23-13-15-6-4-8-17(12-15)24(26)27;/h3-8,11-12H,9-10,13H2,1-2H3,(H,20,25)(H2,21,22,23);1H. The van der Waals surface area contributed by atoms with Crippen LogP contribution in [-0.4, -0.2) is 37.4 Å². The molecule has 28 heavy (non-hydrogen) atoms. The summed E-state index contributed by atoms with van der Waals surface area (Å²) >= 11 is 0. The van der Waals surface area contributed by atoms with Crippen LogP contribution in [0.4, 0.5) is 5.69 Å². The Kier molecular flexibility index (Phi) is 9.93. The summed E-state index contributed by atoms with van der Waals surface area (Å²) in [6, 6.07) is 13.9. The average molecular weight is 497 g/mol. The Labute approximate surface area is 181 Å². The minimum atomic E-state index is -0.413. The number of carbonyl (C=O) groups excluding carboxylic acids is 1. The zero-order valence-electron chi connectivity index (χ0n) is 15.8. The largest absolute Gasteiger partial charge is 0.356 e. The lowest BCUT2D eigenvalue weighted by Gasteiger charge is -2.12. The van der Waals surface area contributed by atoms with Gasteiger partial charge in [-0.1, -0.05) is 24.3 Å². The normalized spacial score (nSPS) is 10.6. The third-order valence-corrected chi connectivity index (χ3v) is 3.93. The molecule has 3 N–H and O–H groups in total. The molecule has 2 rings (SSSR count). The Balaban J connectivity index is 0.00000392. The molecule has 0 aliphatic rings. The number of hydrogen-bond donors (Lipinski definition) is 3. The smallest absolute Gasteiger partial charge is 0.269 e. The van der Waals surface area contributed by atoms with Crippen molar-refractivity contribution in [2.75, 3.05) is 20.6 Å². The molecule has 8 nitrogen and oxygen atoms in total. The molecule has 0 fully saturated rings. The lowest BCUT2D eigenvalue weighted by atomic mass is 10.1. The molecule has 2 aromatic carbocycles. The molecular formula is C19H24IN5O3. The predicted molar refractivity (Wildman–Crippen MR) is 120 cm³/mol. The van der Waals surface area contributed by atoms with Gasteiger partial charge in [0.2, 0.25) is 0 Å². The van der Waals surface area contributed by atoms with Gasteiger partial charge in [0, 0.05) is 44.9 Å². The number of nitrogens with one attached hydrogen (secondary N) is 3. The number of non-ortho nitro benzene ring substituents is 1. The lowest BCUT2D eigenvalue weighted by molar-refractivity contribution is -0.384. The molecule has 1 amide bonds. The number of benzene rings is 2. The molecule has 0 unspecified atom stereocenters. The molecule has 0 saturated heterocycles. The van der Waals surface area contributed by atoms with Gasteiger partial charge in [-0.05, 0) is 29.7 Å². The summed E-state index contributed by atoms with van der Waals surface area (Å²) < 4.78 is 0. The Morgan fingerprint density at radius 2 is 1.82 bits per heavy atom. The first-order valence-corrected chi connectivity index (χ1v) is 8.52. The third-order valence-electron chi connectivity index (χ3n) is 3.93. The molecule has 0 aliphatic heterocycles. The van der Waals surface area contributed by atoms with Crippen LogP contribution in [0.5, 0.6) is 0 Å². The van der Waals surface area contributed by atoms with Gasteiger partial charge in [0.05, 0.1) is 4.92 Å². The van der Waals surface area contributed by atoms with Crippen LogP contribution in [0.1, 0.15) is 21.5 Å². The number of amides is 1. The zero-order chi connectivity index (χ0) is 19.6. The molecule has 2 aromatic rings. The number of nitro groups is 1. The van der Waals surface area contributed by atoms with E-state index in [9.17, 15) is 14.9 Å². The van der Waals surface area contributed by atoms with Gasteiger partial charge < -0.3 is 16.0 Å². The Hall–Kier alpha value is -2.69. The molecular weight excluding hydrogens is 473 g/mol. The first-order chi connectivity index (χ1) is 13.0. The second-order valence-corrected chi connectivity index (χ2v) is 5.81. The van der Waals surface area contributed by atoms with Crippen molar-refractivity contribution in [2.24, 2.45) is 4.99 Å². The van der Waals surface area contributed by atoms with Crippen LogP contribution in [0.15, 0.2) is 53.5 Å². The maximum Gasteiger partial charge on any atom is 0.269 e. The SMILES string of the molecule is CN=C(NCCc1cccc(C(=O)NC)c1)NCc1cccc([N+](=O)[O-])c1.I. The van der Waals surface area contributed by atoms with Crippen molar-refractivity contribution in [3.05, 3.63) is 75.3 Å². The highest BCUT2D eigenvalue weighted by atomic mass is 127. The topological polar surface area (TPSA) is 109 Å². The highest BCUT2D eigenvalue weighted by Gasteiger charge is 2.07. The fraction of sp³-hybridized carbons (Fsp3) is 0.263. The van der Waals surface area contributed by atoms with Crippen molar-refractivity contribution in [1.82, 2.24) is 16.0 Å². The number of rotatable bonds is 7. The Morgan fingerprint density at radius 1 is 1.11 bits per heavy atom. The van der Waals surface area contributed by atoms with E-state index in [0.717, 1.165) is 17.5 Å². The van der Waals surface area contributed by atoms with E-state index in [1.165, 1.54) is 12.1 Å². The fourth-order valence-corrected chi connectivity index (χ4v) is 2.52. The highest BCUT2D eigenvalue weighted by molar-refractivity contribution is 14.0. The molecule has 0 aliphatic carbocycles.